The van der Waals surface area contributed by atoms with Gasteiger partial charge in [0.15, 0.2) is 0 Å². The molecular weight excluding hydrogens is 574 g/mol. The summed E-state index contributed by atoms with van der Waals surface area (Å²) in [5, 5.41) is 8.01. The summed E-state index contributed by atoms with van der Waals surface area (Å²) in [6.07, 6.45) is 2.29. The minimum absolute atomic E-state index is 0.0127. The van der Waals surface area contributed by atoms with E-state index in [0.717, 1.165) is 29.4 Å². The van der Waals surface area contributed by atoms with Crippen LogP contribution in [0.1, 0.15) is 86.0 Å². The highest BCUT2D eigenvalue weighted by molar-refractivity contribution is 7.87. The SMILES string of the molecule is Cc1nn(-c2ccc(C(N)=O)c(NC3CCN(S(=O)(=O)NC(=O)OC(C)(C)C)C3)c2)c2c1C(=O)N(CC1CC1)C(C)(C)C2. The Hall–Kier alpha value is -3.65. The van der Waals surface area contributed by atoms with Gasteiger partial charge in [-0.05, 0) is 84.9 Å². The van der Waals surface area contributed by atoms with Crippen LogP contribution in [0.25, 0.3) is 5.69 Å². The summed E-state index contributed by atoms with van der Waals surface area (Å²) in [6, 6.07) is 4.72. The third-order valence-corrected chi connectivity index (χ3v) is 9.49. The van der Waals surface area contributed by atoms with Gasteiger partial charge in [0.1, 0.15) is 5.60 Å². The molecule has 0 spiro atoms. The second-order valence-electron chi connectivity index (χ2n) is 13.4. The number of nitrogens with one attached hydrogen (secondary N) is 2. The molecule has 2 aliphatic heterocycles. The van der Waals surface area contributed by atoms with E-state index in [1.807, 2.05) is 16.5 Å². The van der Waals surface area contributed by atoms with Gasteiger partial charge in [0.2, 0.25) is 0 Å². The lowest BCUT2D eigenvalue weighted by atomic mass is 9.87. The van der Waals surface area contributed by atoms with Gasteiger partial charge >= 0.3 is 16.3 Å². The van der Waals surface area contributed by atoms with E-state index in [9.17, 15) is 22.8 Å². The smallest absolute Gasteiger partial charge is 0.422 e. The molecule has 1 saturated heterocycles. The topological polar surface area (TPSA) is 169 Å². The Bertz CT molecular complexity index is 1570. The van der Waals surface area contributed by atoms with Gasteiger partial charge < -0.3 is 20.7 Å². The fourth-order valence-corrected chi connectivity index (χ4v) is 6.89. The van der Waals surface area contributed by atoms with E-state index in [-0.39, 0.29) is 30.6 Å². The summed E-state index contributed by atoms with van der Waals surface area (Å²) >= 11 is 0. The summed E-state index contributed by atoms with van der Waals surface area (Å²) in [6.45, 7) is 11.9. The van der Waals surface area contributed by atoms with Crippen LogP contribution >= 0.6 is 0 Å². The van der Waals surface area contributed by atoms with E-state index in [1.54, 1.807) is 43.7 Å². The molecule has 43 heavy (non-hydrogen) atoms. The van der Waals surface area contributed by atoms with Crippen molar-refractivity contribution in [2.24, 2.45) is 11.7 Å². The molecule has 1 saturated carbocycles. The number of fused-ring (bicyclic) bond motifs is 1. The molecule has 3 amide bonds. The molecule has 14 heteroatoms. The van der Waals surface area contributed by atoms with E-state index < -0.39 is 33.3 Å². The van der Waals surface area contributed by atoms with Crippen LogP contribution in [0, 0.1) is 12.8 Å². The highest BCUT2D eigenvalue weighted by Gasteiger charge is 2.44. The number of nitrogens with zero attached hydrogens (tertiary/aromatic N) is 4. The van der Waals surface area contributed by atoms with Crippen molar-refractivity contribution in [3.63, 3.8) is 0 Å². The molecule has 234 valence electrons. The van der Waals surface area contributed by atoms with Gasteiger partial charge in [0, 0.05) is 43.3 Å². The van der Waals surface area contributed by atoms with Gasteiger partial charge in [-0.3, -0.25) is 9.59 Å². The maximum absolute atomic E-state index is 13.7. The van der Waals surface area contributed by atoms with Crippen LogP contribution in [0.3, 0.4) is 0 Å². The van der Waals surface area contributed by atoms with Crippen molar-refractivity contribution >= 4 is 33.8 Å². The summed E-state index contributed by atoms with van der Waals surface area (Å²) < 4.78 is 35.6. The third-order valence-electron chi connectivity index (χ3n) is 8.06. The van der Waals surface area contributed by atoms with Crippen LogP contribution < -0.4 is 15.8 Å². The Balaban J connectivity index is 1.38. The van der Waals surface area contributed by atoms with Gasteiger partial charge in [0.25, 0.3) is 11.8 Å². The number of hydrogen-bond donors (Lipinski definition) is 3. The Morgan fingerprint density at radius 3 is 2.51 bits per heavy atom. The predicted octanol–water partition coefficient (Wildman–Crippen LogP) is 2.72. The number of benzene rings is 1. The van der Waals surface area contributed by atoms with Crippen molar-refractivity contribution < 1.29 is 27.5 Å². The molecule has 5 rings (SSSR count). The van der Waals surface area contributed by atoms with Crippen molar-refractivity contribution in [2.45, 2.75) is 84.4 Å². The zero-order valence-electron chi connectivity index (χ0n) is 25.6. The normalized spacial score (nSPS) is 20.6. The molecule has 1 unspecified atom stereocenters. The third kappa shape index (κ3) is 6.49. The highest BCUT2D eigenvalue weighted by atomic mass is 32.2. The summed E-state index contributed by atoms with van der Waals surface area (Å²) in [5.41, 5.74) is 7.81. The van der Waals surface area contributed by atoms with E-state index in [4.69, 9.17) is 15.6 Å². The molecule has 1 atom stereocenters. The van der Waals surface area contributed by atoms with E-state index >= 15 is 0 Å². The molecule has 0 radical (unpaired) electrons. The zero-order chi connectivity index (χ0) is 31.5. The van der Waals surface area contributed by atoms with Crippen LogP contribution in [0.4, 0.5) is 10.5 Å². The Labute approximate surface area is 252 Å². The molecule has 13 nitrogen and oxygen atoms in total. The molecule has 1 aliphatic carbocycles. The van der Waals surface area contributed by atoms with Crippen LogP contribution in [0.5, 0.6) is 0 Å². The van der Waals surface area contributed by atoms with Gasteiger partial charge in [-0.15, -0.1) is 0 Å². The number of aryl methyl sites for hydroxylation is 1. The molecule has 3 aliphatic rings. The number of rotatable bonds is 8. The van der Waals surface area contributed by atoms with Crippen LogP contribution in [-0.4, -0.2) is 82.1 Å². The van der Waals surface area contributed by atoms with Gasteiger partial charge in [-0.25, -0.2) is 14.2 Å². The van der Waals surface area contributed by atoms with Crippen molar-refractivity contribution in [1.29, 1.82) is 0 Å². The van der Waals surface area contributed by atoms with Crippen LogP contribution in [0.15, 0.2) is 18.2 Å². The number of hydrogen-bond acceptors (Lipinski definition) is 8. The number of anilines is 1. The molecule has 1 aromatic carbocycles. The lowest BCUT2D eigenvalue weighted by molar-refractivity contribution is 0.0486. The molecule has 2 fully saturated rings. The Morgan fingerprint density at radius 2 is 1.88 bits per heavy atom. The fraction of sp³-hybridized carbons (Fsp3) is 0.586. The van der Waals surface area contributed by atoms with Crippen molar-refractivity contribution in [1.82, 2.24) is 23.7 Å². The number of nitrogens with two attached hydrogens (primary N) is 1. The molecule has 2 aromatic rings. The number of carbonyl (C=O) groups excluding carboxylic acids is 3. The standard InChI is InChI=1S/C29H41N7O6S/c1-17-24-23(14-29(5,6)35(26(24)38)15-18-7-8-18)36(32-17)20-9-10-21(25(30)37)22(13-20)31-19-11-12-34(16-19)43(40,41)33-27(39)42-28(2,3)4/h9-10,13,18-19,31H,7-8,11-12,14-16H2,1-6H3,(H2,30,37)(H,33,39). The van der Waals surface area contributed by atoms with E-state index in [1.165, 1.54) is 0 Å². The monoisotopic (exact) mass is 615 g/mol. The van der Waals surface area contributed by atoms with E-state index in [2.05, 4.69) is 19.2 Å². The zero-order valence-corrected chi connectivity index (χ0v) is 26.4. The lowest BCUT2D eigenvalue weighted by Crippen LogP contribution is -2.53. The molecule has 4 N–H and O–H groups in total. The van der Waals surface area contributed by atoms with Crippen LogP contribution in [0.2, 0.25) is 0 Å². The van der Waals surface area contributed by atoms with Crippen LogP contribution in [-0.2, 0) is 21.4 Å². The fourth-order valence-electron chi connectivity index (χ4n) is 5.79. The number of primary amides is 1. The number of carbonyl (C=O) groups is 3. The van der Waals surface area contributed by atoms with Gasteiger partial charge in [-0.2, -0.15) is 17.8 Å². The number of ether oxygens (including phenoxy) is 1. The maximum Gasteiger partial charge on any atom is 0.422 e. The van der Waals surface area contributed by atoms with Crippen molar-refractivity contribution in [3.05, 3.63) is 40.7 Å². The minimum Gasteiger partial charge on any atom is -0.443 e. The van der Waals surface area contributed by atoms with Gasteiger partial charge in [0.05, 0.1) is 28.2 Å². The molecule has 1 aromatic heterocycles. The predicted molar refractivity (Wildman–Crippen MR) is 160 cm³/mol. The highest BCUT2D eigenvalue weighted by Crippen LogP contribution is 2.38. The summed E-state index contributed by atoms with van der Waals surface area (Å²) in [5.74, 6) is -0.0974. The van der Waals surface area contributed by atoms with Gasteiger partial charge in [-0.1, -0.05) is 0 Å². The molecule has 3 heterocycles. The summed E-state index contributed by atoms with van der Waals surface area (Å²) in [4.78, 5) is 40.1. The Morgan fingerprint density at radius 1 is 1.19 bits per heavy atom. The lowest BCUT2D eigenvalue weighted by Gasteiger charge is -2.42. The average molecular weight is 616 g/mol. The first-order valence-corrected chi connectivity index (χ1v) is 16.0. The molecule has 0 bridgehead atoms. The Kier molecular flexibility index (Phi) is 7.74. The minimum atomic E-state index is -4.14. The van der Waals surface area contributed by atoms with E-state index in [0.29, 0.717) is 41.4 Å². The first kappa shape index (κ1) is 30.8. The first-order valence-electron chi connectivity index (χ1n) is 14.6. The summed E-state index contributed by atoms with van der Waals surface area (Å²) in [7, 11) is -4.14. The molecular formula is C29H41N7O6S. The second kappa shape index (κ2) is 10.8. The number of aromatic nitrogens is 2. The maximum atomic E-state index is 13.7. The second-order valence-corrected chi connectivity index (χ2v) is 15.0. The van der Waals surface area contributed by atoms with Crippen molar-refractivity contribution in [2.75, 3.05) is 25.0 Å². The quantitative estimate of drug-likeness (QED) is 0.407. The average Bonchev–Trinajstić information content (AvgIpc) is 3.46. The number of amides is 3. The van der Waals surface area contributed by atoms with Crippen molar-refractivity contribution in [3.8, 4) is 5.69 Å². The largest absolute Gasteiger partial charge is 0.443 e. The first-order chi connectivity index (χ1) is 19.9.